The van der Waals surface area contributed by atoms with Gasteiger partial charge in [-0.3, -0.25) is 9.10 Å². The number of halogens is 1. The molecule has 1 amide bonds. The third kappa shape index (κ3) is 5.41. The number of carbonyl (C=O) groups excluding carboxylic acids is 1. The molecule has 9 heteroatoms. The fourth-order valence-electron chi connectivity index (χ4n) is 3.22. The van der Waals surface area contributed by atoms with Gasteiger partial charge in [0.15, 0.2) is 11.5 Å². The number of likely N-dealkylation sites (N-methyl/N-ethyl adjacent to an activating group) is 1. The minimum absolute atomic E-state index is 0.235. The molecule has 1 atom stereocenters. The van der Waals surface area contributed by atoms with Gasteiger partial charge in [0.25, 0.3) is 0 Å². The SMILES string of the molecule is CC[C@H](C(=O)N(C)Cc1ccc(OC)c(OC)c1)N(c1ccc(F)cc1)S(C)(=O)=O. The molecule has 0 aliphatic carbocycles. The number of sulfonamides is 1. The van der Waals surface area contributed by atoms with Crippen molar-refractivity contribution >= 4 is 21.6 Å². The first-order valence-corrected chi connectivity index (χ1v) is 11.2. The van der Waals surface area contributed by atoms with E-state index in [4.69, 9.17) is 9.47 Å². The number of hydrogen-bond acceptors (Lipinski definition) is 5. The summed E-state index contributed by atoms with van der Waals surface area (Å²) in [5.41, 5.74) is 1.03. The van der Waals surface area contributed by atoms with Crippen molar-refractivity contribution in [1.82, 2.24) is 4.90 Å². The number of amides is 1. The molecular weight excluding hydrogens is 411 g/mol. The molecule has 0 aliphatic heterocycles. The largest absolute Gasteiger partial charge is 0.493 e. The minimum atomic E-state index is -3.79. The fraction of sp³-hybridized carbons (Fsp3) is 0.381. The van der Waals surface area contributed by atoms with Crippen LogP contribution in [0.1, 0.15) is 18.9 Å². The molecule has 2 aromatic rings. The molecule has 7 nitrogen and oxygen atoms in total. The molecule has 0 N–H and O–H groups in total. The van der Waals surface area contributed by atoms with Crippen LogP contribution in [0.5, 0.6) is 11.5 Å². The Balaban J connectivity index is 2.31. The van der Waals surface area contributed by atoms with Gasteiger partial charge in [-0.25, -0.2) is 12.8 Å². The maximum atomic E-state index is 13.3. The Bertz CT molecular complexity index is 979. The Hall–Kier alpha value is -2.81. The van der Waals surface area contributed by atoms with Crippen molar-refractivity contribution in [1.29, 1.82) is 0 Å². The van der Waals surface area contributed by atoms with Gasteiger partial charge in [-0.15, -0.1) is 0 Å². The maximum absolute atomic E-state index is 13.3. The lowest BCUT2D eigenvalue weighted by molar-refractivity contribution is -0.131. The van der Waals surface area contributed by atoms with E-state index in [1.807, 2.05) is 0 Å². The third-order valence-electron chi connectivity index (χ3n) is 4.64. The van der Waals surface area contributed by atoms with E-state index in [0.717, 1.165) is 28.3 Å². The molecule has 0 spiro atoms. The smallest absolute Gasteiger partial charge is 0.246 e. The highest BCUT2D eigenvalue weighted by molar-refractivity contribution is 7.92. The lowest BCUT2D eigenvalue weighted by Crippen LogP contribution is -2.49. The molecule has 30 heavy (non-hydrogen) atoms. The number of nitrogens with zero attached hydrogens (tertiary/aromatic N) is 2. The first kappa shape index (κ1) is 23.5. The van der Waals surface area contributed by atoms with Crippen molar-refractivity contribution in [2.45, 2.75) is 25.9 Å². The van der Waals surface area contributed by atoms with Crippen molar-refractivity contribution in [3.05, 3.63) is 53.8 Å². The van der Waals surface area contributed by atoms with E-state index in [-0.39, 0.29) is 24.6 Å². The second kappa shape index (κ2) is 9.80. The first-order chi connectivity index (χ1) is 14.1. The lowest BCUT2D eigenvalue weighted by atomic mass is 10.1. The fourth-order valence-corrected chi connectivity index (χ4v) is 4.42. The zero-order chi connectivity index (χ0) is 22.5. The van der Waals surface area contributed by atoms with Gasteiger partial charge in [-0.05, 0) is 48.4 Å². The van der Waals surface area contributed by atoms with Gasteiger partial charge in [0, 0.05) is 13.6 Å². The number of benzene rings is 2. The number of anilines is 1. The van der Waals surface area contributed by atoms with Gasteiger partial charge in [-0.2, -0.15) is 0 Å². The van der Waals surface area contributed by atoms with Gasteiger partial charge in [0.1, 0.15) is 11.9 Å². The molecule has 0 heterocycles. The summed E-state index contributed by atoms with van der Waals surface area (Å²) >= 11 is 0. The minimum Gasteiger partial charge on any atom is -0.493 e. The normalized spacial score (nSPS) is 12.2. The van der Waals surface area contributed by atoms with Gasteiger partial charge in [0.05, 0.1) is 26.2 Å². The highest BCUT2D eigenvalue weighted by Gasteiger charge is 2.33. The quantitative estimate of drug-likeness (QED) is 0.602. The van der Waals surface area contributed by atoms with Crippen molar-refractivity contribution in [2.75, 3.05) is 31.8 Å². The maximum Gasteiger partial charge on any atom is 0.246 e. The van der Waals surface area contributed by atoms with Crippen molar-refractivity contribution in [3.8, 4) is 11.5 Å². The summed E-state index contributed by atoms with van der Waals surface area (Å²) in [7, 11) is 0.878. The standard InChI is InChI=1S/C21H27FN2O5S/c1-6-18(24(30(5,26)27)17-10-8-16(22)9-11-17)21(25)23(2)14-15-7-12-19(28-3)20(13-15)29-4/h7-13,18H,6,14H2,1-5H3/t18-/m1/s1. The molecule has 2 rings (SSSR count). The molecule has 0 aromatic heterocycles. The van der Waals surface area contributed by atoms with Crippen LogP contribution in [0.15, 0.2) is 42.5 Å². The molecule has 0 saturated carbocycles. The Morgan fingerprint density at radius 3 is 2.17 bits per heavy atom. The predicted octanol–water partition coefficient (Wildman–Crippen LogP) is 3.05. The summed E-state index contributed by atoms with van der Waals surface area (Å²) in [4.78, 5) is 14.6. The molecule has 164 valence electrons. The van der Waals surface area contributed by atoms with E-state index < -0.39 is 21.9 Å². The van der Waals surface area contributed by atoms with E-state index in [0.29, 0.717) is 11.5 Å². The van der Waals surface area contributed by atoms with Gasteiger partial charge >= 0.3 is 0 Å². The summed E-state index contributed by atoms with van der Waals surface area (Å²) in [6.07, 6.45) is 1.28. The molecule has 0 fully saturated rings. The van der Waals surface area contributed by atoms with Gasteiger partial charge in [0.2, 0.25) is 15.9 Å². The van der Waals surface area contributed by atoms with Gasteiger partial charge in [-0.1, -0.05) is 13.0 Å². The van der Waals surface area contributed by atoms with E-state index in [1.165, 1.54) is 31.3 Å². The molecular formula is C21H27FN2O5S. The van der Waals surface area contributed by atoms with E-state index in [1.54, 1.807) is 32.2 Å². The molecule has 0 bridgehead atoms. The summed E-state index contributed by atoms with van der Waals surface area (Å²) in [5.74, 6) is 0.243. The third-order valence-corrected chi connectivity index (χ3v) is 5.82. The first-order valence-electron chi connectivity index (χ1n) is 9.33. The number of carbonyl (C=O) groups is 1. The van der Waals surface area contributed by atoms with E-state index >= 15 is 0 Å². The van der Waals surface area contributed by atoms with Crippen LogP contribution < -0.4 is 13.8 Å². The highest BCUT2D eigenvalue weighted by Crippen LogP contribution is 2.28. The Kier molecular flexibility index (Phi) is 7.66. The van der Waals surface area contributed by atoms with Crippen LogP contribution in [-0.4, -0.2) is 52.8 Å². The number of methoxy groups -OCH3 is 2. The summed E-state index contributed by atoms with van der Waals surface area (Å²) in [6, 6.07) is 9.37. The second-order valence-electron chi connectivity index (χ2n) is 6.84. The molecule has 0 radical (unpaired) electrons. The summed E-state index contributed by atoms with van der Waals surface area (Å²) < 4.78 is 49.8. The average Bonchev–Trinajstić information content (AvgIpc) is 2.71. The van der Waals surface area contributed by atoms with Crippen molar-refractivity contribution < 1.29 is 27.1 Å². The lowest BCUT2D eigenvalue weighted by Gasteiger charge is -2.33. The van der Waals surface area contributed by atoms with Crippen LogP contribution in [0.4, 0.5) is 10.1 Å². The summed E-state index contributed by atoms with van der Waals surface area (Å²) in [5, 5.41) is 0. The molecule has 0 unspecified atom stereocenters. The Labute approximate surface area is 177 Å². The van der Waals surface area contributed by atoms with Crippen molar-refractivity contribution in [2.24, 2.45) is 0 Å². The van der Waals surface area contributed by atoms with Crippen molar-refractivity contribution in [3.63, 3.8) is 0 Å². The molecule has 2 aromatic carbocycles. The highest BCUT2D eigenvalue weighted by atomic mass is 32.2. The predicted molar refractivity (Wildman–Crippen MR) is 114 cm³/mol. The Morgan fingerprint density at radius 1 is 1.07 bits per heavy atom. The van der Waals surface area contributed by atoms with Crippen LogP contribution in [0.3, 0.4) is 0 Å². The van der Waals surface area contributed by atoms with E-state index in [9.17, 15) is 17.6 Å². The average molecular weight is 439 g/mol. The Morgan fingerprint density at radius 2 is 1.67 bits per heavy atom. The number of hydrogen-bond donors (Lipinski definition) is 0. The van der Waals surface area contributed by atoms with Crippen LogP contribution in [0.2, 0.25) is 0 Å². The zero-order valence-electron chi connectivity index (χ0n) is 17.8. The summed E-state index contributed by atoms with van der Waals surface area (Å²) in [6.45, 7) is 1.98. The van der Waals surface area contributed by atoms with E-state index in [2.05, 4.69) is 0 Å². The monoisotopic (exact) mass is 438 g/mol. The van der Waals surface area contributed by atoms with Crippen LogP contribution in [-0.2, 0) is 21.4 Å². The van der Waals surface area contributed by atoms with Crippen LogP contribution in [0, 0.1) is 5.82 Å². The second-order valence-corrected chi connectivity index (χ2v) is 8.70. The topological polar surface area (TPSA) is 76.2 Å². The van der Waals surface area contributed by atoms with Gasteiger partial charge < -0.3 is 14.4 Å². The number of ether oxygens (including phenoxy) is 2. The van der Waals surface area contributed by atoms with Crippen LogP contribution in [0.25, 0.3) is 0 Å². The molecule has 0 saturated heterocycles. The number of rotatable bonds is 9. The van der Waals surface area contributed by atoms with Crippen LogP contribution >= 0.6 is 0 Å². The zero-order valence-corrected chi connectivity index (χ0v) is 18.6. The molecule has 0 aliphatic rings.